The third-order valence-corrected chi connectivity index (χ3v) is 5.30. The van der Waals surface area contributed by atoms with Gasteiger partial charge in [0.2, 0.25) is 0 Å². The van der Waals surface area contributed by atoms with Gasteiger partial charge in [0.05, 0.1) is 5.69 Å². The average Bonchev–Trinajstić information content (AvgIpc) is 2.80. The minimum atomic E-state index is -0.840. The van der Waals surface area contributed by atoms with Gasteiger partial charge in [0, 0.05) is 27.4 Å². The monoisotopic (exact) mass is 452 g/mol. The fraction of sp³-hybridized carbons (Fsp3) is 0.300. The molecule has 26 heavy (non-hydrogen) atoms. The number of hydrogen-bond donors (Lipinski definition) is 0. The van der Waals surface area contributed by atoms with E-state index in [1.807, 2.05) is 31.2 Å². The van der Waals surface area contributed by atoms with Crippen LogP contribution in [-0.2, 0) is 11.2 Å². The van der Waals surface area contributed by atoms with Crippen LogP contribution in [0.3, 0.4) is 0 Å². The van der Waals surface area contributed by atoms with E-state index in [0.29, 0.717) is 28.6 Å². The molecule has 1 atom stereocenters. The van der Waals surface area contributed by atoms with Crippen molar-refractivity contribution in [1.29, 1.82) is 0 Å². The zero-order valence-corrected chi connectivity index (χ0v) is 17.7. The van der Waals surface area contributed by atoms with Crippen molar-refractivity contribution in [2.24, 2.45) is 4.99 Å². The molecule has 3 rings (SSSR count). The van der Waals surface area contributed by atoms with Crippen LogP contribution in [0, 0.1) is 0 Å². The first-order chi connectivity index (χ1) is 12.3. The highest BCUT2D eigenvalue weighted by Gasteiger charge is 2.45. The van der Waals surface area contributed by atoms with Gasteiger partial charge in [-0.15, -0.1) is 0 Å². The minimum Gasteiger partial charge on any atom is -0.271 e. The van der Waals surface area contributed by atoms with Gasteiger partial charge in [0.25, 0.3) is 5.91 Å². The Balaban J connectivity index is 1.98. The summed E-state index contributed by atoms with van der Waals surface area (Å²) in [6, 6.07) is 13.1. The van der Waals surface area contributed by atoms with Crippen LogP contribution in [0.4, 0.5) is 5.69 Å². The zero-order chi connectivity index (χ0) is 18.9. The standard InChI is InChI=1S/C20H19BrCl2N2O/c1-3-4-18-24-20(2,12-13-5-7-14(21)8-6-13)19(26)25(18)17-10-15(22)9-16(23)11-17/h5-11H,3-4,12H2,1-2H3/t20-/m1/s1. The molecule has 0 radical (unpaired) electrons. The second-order valence-corrected chi connectivity index (χ2v) is 8.41. The lowest BCUT2D eigenvalue weighted by molar-refractivity contribution is -0.121. The van der Waals surface area contributed by atoms with E-state index in [0.717, 1.165) is 22.3 Å². The van der Waals surface area contributed by atoms with E-state index in [2.05, 4.69) is 22.9 Å². The van der Waals surface area contributed by atoms with Gasteiger partial charge in [-0.25, -0.2) is 0 Å². The quantitative estimate of drug-likeness (QED) is 0.522. The second-order valence-electron chi connectivity index (χ2n) is 6.62. The Morgan fingerprint density at radius 2 is 1.73 bits per heavy atom. The number of amides is 1. The van der Waals surface area contributed by atoms with Crippen LogP contribution in [0.1, 0.15) is 32.3 Å². The molecule has 3 nitrogen and oxygen atoms in total. The molecule has 2 aromatic carbocycles. The molecular weight excluding hydrogens is 435 g/mol. The van der Waals surface area contributed by atoms with Crippen molar-refractivity contribution in [1.82, 2.24) is 0 Å². The van der Waals surface area contributed by atoms with E-state index in [1.54, 1.807) is 23.1 Å². The van der Waals surface area contributed by atoms with Gasteiger partial charge in [0.1, 0.15) is 11.4 Å². The number of carbonyl (C=O) groups is 1. The Labute approximate surface area is 172 Å². The second kappa shape index (κ2) is 7.71. The molecule has 1 aliphatic heterocycles. The Kier molecular flexibility index (Phi) is 5.75. The molecule has 0 saturated carbocycles. The first-order valence-corrected chi connectivity index (χ1v) is 10.0. The van der Waals surface area contributed by atoms with Gasteiger partial charge in [-0.3, -0.25) is 14.7 Å². The van der Waals surface area contributed by atoms with Gasteiger partial charge < -0.3 is 0 Å². The van der Waals surface area contributed by atoms with Gasteiger partial charge in [-0.1, -0.05) is 58.2 Å². The Morgan fingerprint density at radius 1 is 1.12 bits per heavy atom. The highest BCUT2D eigenvalue weighted by atomic mass is 79.9. The zero-order valence-electron chi connectivity index (χ0n) is 14.6. The number of aliphatic imine (C=N–C) groups is 1. The molecule has 0 spiro atoms. The van der Waals surface area contributed by atoms with Gasteiger partial charge >= 0.3 is 0 Å². The van der Waals surface area contributed by atoms with Crippen LogP contribution in [0.25, 0.3) is 0 Å². The van der Waals surface area contributed by atoms with E-state index >= 15 is 0 Å². The van der Waals surface area contributed by atoms with Gasteiger partial charge in [-0.05, 0) is 49.2 Å². The number of amidine groups is 1. The molecule has 0 N–H and O–H groups in total. The van der Waals surface area contributed by atoms with Crippen molar-refractivity contribution in [3.8, 4) is 0 Å². The summed E-state index contributed by atoms with van der Waals surface area (Å²) in [7, 11) is 0. The predicted octanol–water partition coefficient (Wildman–Crippen LogP) is 6.30. The first-order valence-electron chi connectivity index (χ1n) is 8.46. The summed E-state index contributed by atoms with van der Waals surface area (Å²) in [6.07, 6.45) is 2.15. The van der Waals surface area contributed by atoms with E-state index in [9.17, 15) is 4.79 Å². The third kappa shape index (κ3) is 3.98. The number of nitrogens with zero attached hydrogens (tertiary/aromatic N) is 2. The van der Waals surface area contributed by atoms with Crippen LogP contribution in [0.5, 0.6) is 0 Å². The maximum absolute atomic E-state index is 13.3. The number of hydrogen-bond acceptors (Lipinski definition) is 2. The maximum atomic E-state index is 13.3. The molecule has 6 heteroatoms. The number of anilines is 1. The molecule has 0 bridgehead atoms. The Bertz CT molecular complexity index is 846. The van der Waals surface area contributed by atoms with E-state index in [1.165, 1.54) is 0 Å². The summed E-state index contributed by atoms with van der Waals surface area (Å²) in [5.74, 6) is 0.706. The lowest BCUT2D eigenvalue weighted by Crippen LogP contribution is -2.42. The van der Waals surface area contributed by atoms with Crippen LogP contribution >= 0.6 is 39.1 Å². The van der Waals surface area contributed by atoms with Gasteiger partial charge in [-0.2, -0.15) is 0 Å². The lowest BCUT2D eigenvalue weighted by atomic mass is 9.93. The molecule has 0 unspecified atom stereocenters. The molecule has 0 saturated heterocycles. The van der Waals surface area contributed by atoms with Crippen LogP contribution in [0.2, 0.25) is 10.0 Å². The predicted molar refractivity (Wildman–Crippen MR) is 113 cm³/mol. The first kappa shape index (κ1) is 19.4. The van der Waals surface area contributed by atoms with E-state index < -0.39 is 5.54 Å². The number of carbonyl (C=O) groups excluding carboxylic acids is 1. The summed E-state index contributed by atoms with van der Waals surface area (Å²) in [4.78, 5) is 19.8. The van der Waals surface area contributed by atoms with Crippen molar-refractivity contribution >= 4 is 56.6 Å². The summed E-state index contributed by atoms with van der Waals surface area (Å²) >= 11 is 15.7. The summed E-state index contributed by atoms with van der Waals surface area (Å²) in [5.41, 5.74) is 0.890. The number of halogens is 3. The SMILES string of the molecule is CCCC1=N[C@](C)(Cc2ccc(Br)cc2)C(=O)N1c1cc(Cl)cc(Cl)c1. The van der Waals surface area contributed by atoms with Crippen molar-refractivity contribution < 1.29 is 4.79 Å². The summed E-state index contributed by atoms with van der Waals surface area (Å²) in [5, 5.41) is 0.996. The van der Waals surface area contributed by atoms with Crippen molar-refractivity contribution in [3.05, 3.63) is 62.5 Å². The van der Waals surface area contributed by atoms with Crippen LogP contribution in [0.15, 0.2) is 51.9 Å². The highest BCUT2D eigenvalue weighted by Crippen LogP contribution is 2.35. The third-order valence-electron chi connectivity index (χ3n) is 4.34. The van der Waals surface area contributed by atoms with E-state index in [-0.39, 0.29) is 5.91 Å². The van der Waals surface area contributed by atoms with Crippen LogP contribution < -0.4 is 4.90 Å². The van der Waals surface area contributed by atoms with Crippen molar-refractivity contribution in [3.63, 3.8) is 0 Å². The van der Waals surface area contributed by atoms with Crippen molar-refractivity contribution in [2.75, 3.05) is 4.90 Å². The molecule has 2 aromatic rings. The summed E-state index contributed by atoms with van der Waals surface area (Å²) < 4.78 is 1.01. The highest BCUT2D eigenvalue weighted by molar-refractivity contribution is 9.10. The molecule has 0 aliphatic carbocycles. The van der Waals surface area contributed by atoms with Crippen LogP contribution in [-0.4, -0.2) is 17.3 Å². The van der Waals surface area contributed by atoms with Gasteiger partial charge in [0.15, 0.2) is 0 Å². The normalized spacial score (nSPS) is 19.8. The fourth-order valence-corrected chi connectivity index (χ4v) is 3.96. The molecule has 0 aromatic heterocycles. The van der Waals surface area contributed by atoms with Crippen molar-refractivity contribution in [2.45, 2.75) is 38.6 Å². The fourth-order valence-electron chi connectivity index (χ4n) is 3.18. The summed E-state index contributed by atoms with van der Waals surface area (Å²) in [6.45, 7) is 3.96. The minimum absolute atomic E-state index is 0.0535. The Hall–Kier alpha value is -1.36. The Morgan fingerprint density at radius 3 is 2.31 bits per heavy atom. The largest absolute Gasteiger partial charge is 0.271 e. The molecular formula is C20H19BrCl2N2O. The topological polar surface area (TPSA) is 32.7 Å². The maximum Gasteiger partial charge on any atom is 0.260 e. The molecule has 136 valence electrons. The number of benzene rings is 2. The molecule has 1 aliphatic rings. The lowest BCUT2D eigenvalue weighted by Gasteiger charge is -2.23. The molecule has 1 amide bonds. The number of rotatable bonds is 5. The molecule has 1 heterocycles. The van der Waals surface area contributed by atoms with E-state index in [4.69, 9.17) is 28.2 Å². The average molecular weight is 454 g/mol. The molecule has 0 fully saturated rings. The smallest absolute Gasteiger partial charge is 0.260 e.